The van der Waals surface area contributed by atoms with Crippen LogP contribution in [0.3, 0.4) is 0 Å². The van der Waals surface area contributed by atoms with E-state index in [1.54, 1.807) is 9.13 Å². The predicted molar refractivity (Wildman–Crippen MR) is 107 cm³/mol. The maximum absolute atomic E-state index is 13.0. The number of rotatable bonds is 6. The summed E-state index contributed by atoms with van der Waals surface area (Å²) in [4.78, 5) is 28.9. The van der Waals surface area contributed by atoms with Gasteiger partial charge in [0, 0.05) is 13.5 Å². The van der Waals surface area contributed by atoms with Gasteiger partial charge in [-0.3, -0.25) is 13.9 Å². The molecule has 7 nitrogen and oxygen atoms in total. The SMILES string of the molecule is CCn1c(=O)n(Cc2nc3ccccc3n2CCOC(C)=O)c2ccccc21. The van der Waals surface area contributed by atoms with E-state index in [1.165, 1.54) is 6.92 Å². The molecule has 7 heteroatoms. The molecule has 2 aromatic heterocycles. The Kier molecular flexibility index (Phi) is 4.73. The minimum Gasteiger partial charge on any atom is -0.464 e. The Labute approximate surface area is 161 Å². The summed E-state index contributed by atoms with van der Waals surface area (Å²) in [5.41, 5.74) is 3.55. The first kappa shape index (κ1) is 18.0. The Balaban J connectivity index is 1.80. The van der Waals surface area contributed by atoms with Crippen molar-refractivity contribution in [1.29, 1.82) is 0 Å². The van der Waals surface area contributed by atoms with Gasteiger partial charge in [-0.05, 0) is 31.2 Å². The second-order valence-corrected chi connectivity index (χ2v) is 6.61. The first-order valence-corrected chi connectivity index (χ1v) is 9.35. The van der Waals surface area contributed by atoms with Crippen molar-refractivity contribution in [3.63, 3.8) is 0 Å². The van der Waals surface area contributed by atoms with Crippen LogP contribution < -0.4 is 5.69 Å². The summed E-state index contributed by atoms with van der Waals surface area (Å²) in [6, 6.07) is 15.6. The fourth-order valence-corrected chi connectivity index (χ4v) is 3.65. The van der Waals surface area contributed by atoms with Crippen molar-refractivity contribution in [2.45, 2.75) is 33.5 Å². The first-order chi connectivity index (χ1) is 13.6. The van der Waals surface area contributed by atoms with Gasteiger partial charge in [-0.1, -0.05) is 24.3 Å². The van der Waals surface area contributed by atoms with Gasteiger partial charge < -0.3 is 9.30 Å². The van der Waals surface area contributed by atoms with Crippen molar-refractivity contribution in [2.24, 2.45) is 0 Å². The van der Waals surface area contributed by atoms with Crippen LogP contribution >= 0.6 is 0 Å². The number of benzene rings is 2. The fourth-order valence-electron chi connectivity index (χ4n) is 3.65. The lowest BCUT2D eigenvalue weighted by atomic mass is 10.3. The Hall–Kier alpha value is -3.35. The number of imidazole rings is 2. The number of nitrogens with zero attached hydrogens (tertiary/aromatic N) is 4. The van der Waals surface area contributed by atoms with Crippen molar-refractivity contribution in [2.75, 3.05) is 6.61 Å². The van der Waals surface area contributed by atoms with Crippen molar-refractivity contribution in [3.05, 3.63) is 64.8 Å². The molecule has 2 aromatic carbocycles. The molecule has 4 aromatic rings. The van der Waals surface area contributed by atoms with Crippen LogP contribution in [0.25, 0.3) is 22.1 Å². The van der Waals surface area contributed by atoms with Gasteiger partial charge in [-0.2, -0.15) is 0 Å². The van der Waals surface area contributed by atoms with E-state index in [-0.39, 0.29) is 18.3 Å². The molecule has 0 unspecified atom stereocenters. The van der Waals surface area contributed by atoms with E-state index in [2.05, 4.69) is 0 Å². The third-order valence-electron chi connectivity index (χ3n) is 4.89. The third kappa shape index (κ3) is 3.09. The van der Waals surface area contributed by atoms with Gasteiger partial charge in [-0.25, -0.2) is 9.78 Å². The number of hydrogen-bond acceptors (Lipinski definition) is 4. The molecule has 0 saturated carbocycles. The van der Waals surface area contributed by atoms with Crippen LogP contribution in [-0.2, 0) is 29.2 Å². The van der Waals surface area contributed by atoms with E-state index in [4.69, 9.17) is 9.72 Å². The molecule has 2 heterocycles. The molecule has 0 radical (unpaired) electrons. The van der Waals surface area contributed by atoms with Crippen molar-refractivity contribution in [3.8, 4) is 0 Å². The minimum absolute atomic E-state index is 0.0534. The molecule has 0 atom stereocenters. The summed E-state index contributed by atoms with van der Waals surface area (Å²) in [6.07, 6.45) is 0. The number of fused-ring (bicyclic) bond motifs is 2. The normalized spacial score (nSPS) is 11.4. The topological polar surface area (TPSA) is 71.1 Å². The highest BCUT2D eigenvalue weighted by atomic mass is 16.5. The highest BCUT2D eigenvalue weighted by molar-refractivity contribution is 5.77. The Morgan fingerprint density at radius 1 is 0.964 bits per heavy atom. The average molecular weight is 378 g/mol. The van der Waals surface area contributed by atoms with Gasteiger partial charge in [0.2, 0.25) is 0 Å². The quantitative estimate of drug-likeness (QED) is 0.484. The van der Waals surface area contributed by atoms with Crippen molar-refractivity contribution in [1.82, 2.24) is 18.7 Å². The van der Waals surface area contributed by atoms with Gasteiger partial charge in [0.05, 0.1) is 35.2 Å². The molecule has 0 aliphatic heterocycles. The van der Waals surface area contributed by atoms with Crippen LogP contribution in [0, 0.1) is 0 Å². The summed E-state index contributed by atoms with van der Waals surface area (Å²) >= 11 is 0. The van der Waals surface area contributed by atoms with Crippen LogP contribution in [-0.4, -0.2) is 31.3 Å². The third-order valence-corrected chi connectivity index (χ3v) is 4.89. The van der Waals surface area contributed by atoms with E-state index in [9.17, 15) is 9.59 Å². The first-order valence-electron chi connectivity index (χ1n) is 9.35. The second-order valence-electron chi connectivity index (χ2n) is 6.61. The van der Waals surface area contributed by atoms with Crippen LogP contribution in [0.4, 0.5) is 0 Å². The van der Waals surface area contributed by atoms with Gasteiger partial charge in [-0.15, -0.1) is 0 Å². The molecule has 28 heavy (non-hydrogen) atoms. The van der Waals surface area contributed by atoms with Crippen LogP contribution in [0.15, 0.2) is 53.3 Å². The van der Waals surface area contributed by atoms with Gasteiger partial charge in [0.25, 0.3) is 0 Å². The number of carbonyl (C=O) groups excluding carboxylic acids is 1. The lowest BCUT2D eigenvalue weighted by Crippen LogP contribution is -2.25. The number of para-hydroxylation sites is 4. The van der Waals surface area contributed by atoms with E-state index in [1.807, 2.05) is 60.0 Å². The highest BCUT2D eigenvalue weighted by Gasteiger charge is 2.16. The zero-order chi connectivity index (χ0) is 19.7. The Bertz CT molecular complexity index is 1220. The Morgan fingerprint density at radius 2 is 1.61 bits per heavy atom. The van der Waals surface area contributed by atoms with Crippen molar-refractivity contribution >= 4 is 28.0 Å². The van der Waals surface area contributed by atoms with Crippen LogP contribution in [0.2, 0.25) is 0 Å². The maximum Gasteiger partial charge on any atom is 0.329 e. The van der Waals surface area contributed by atoms with Gasteiger partial charge in [0.15, 0.2) is 0 Å². The van der Waals surface area contributed by atoms with Crippen molar-refractivity contribution < 1.29 is 9.53 Å². The van der Waals surface area contributed by atoms with E-state index in [0.29, 0.717) is 19.6 Å². The monoisotopic (exact) mass is 378 g/mol. The summed E-state index contributed by atoms with van der Waals surface area (Å²) in [6.45, 7) is 5.06. The predicted octanol–water partition coefficient (Wildman–Crippen LogP) is 2.78. The number of hydrogen-bond donors (Lipinski definition) is 0. The minimum atomic E-state index is -0.312. The molecule has 0 amide bonds. The van der Waals surface area contributed by atoms with Crippen LogP contribution in [0.1, 0.15) is 19.7 Å². The number of carbonyl (C=O) groups is 1. The highest BCUT2D eigenvalue weighted by Crippen LogP contribution is 2.19. The second kappa shape index (κ2) is 7.34. The average Bonchev–Trinajstić information content (AvgIpc) is 3.17. The lowest BCUT2D eigenvalue weighted by Gasteiger charge is -2.10. The summed E-state index contributed by atoms with van der Waals surface area (Å²) in [5.74, 6) is 0.447. The molecule has 4 rings (SSSR count). The molecule has 0 aliphatic carbocycles. The summed E-state index contributed by atoms with van der Waals surface area (Å²) in [5, 5.41) is 0. The molecule has 0 saturated heterocycles. The number of esters is 1. The smallest absolute Gasteiger partial charge is 0.329 e. The standard InChI is InChI=1S/C21H22N4O3/c1-3-23-18-10-6-7-11-19(18)25(21(23)27)14-20-22-16-8-4-5-9-17(16)24(20)12-13-28-15(2)26/h4-11H,3,12-14H2,1-2H3. The molecular weight excluding hydrogens is 356 g/mol. The number of aryl methyl sites for hydroxylation is 1. The Morgan fingerprint density at radius 3 is 2.29 bits per heavy atom. The van der Waals surface area contributed by atoms with Gasteiger partial charge >= 0.3 is 11.7 Å². The van der Waals surface area contributed by atoms with E-state index in [0.717, 1.165) is 27.9 Å². The van der Waals surface area contributed by atoms with Crippen LogP contribution in [0.5, 0.6) is 0 Å². The molecular formula is C21H22N4O3. The molecule has 0 N–H and O–H groups in total. The van der Waals surface area contributed by atoms with E-state index < -0.39 is 0 Å². The number of ether oxygens (including phenoxy) is 1. The lowest BCUT2D eigenvalue weighted by molar-refractivity contribution is -0.141. The fraction of sp³-hybridized carbons (Fsp3) is 0.286. The summed E-state index contributed by atoms with van der Waals surface area (Å²) < 4.78 is 10.7. The molecule has 0 aliphatic rings. The number of aromatic nitrogens is 4. The van der Waals surface area contributed by atoms with E-state index >= 15 is 0 Å². The molecule has 0 fully saturated rings. The zero-order valence-electron chi connectivity index (χ0n) is 16.0. The molecule has 0 spiro atoms. The molecule has 144 valence electrons. The zero-order valence-corrected chi connectivity index (χ0v) is 16.0. The maximum atomic E-state index is 13.0. The van der Waals surface area contributed by atoms with Gasteiger partial charge in [0.1, 0.15) is 12.4 Å². The summed E-state index contributed by atoms with van der Waals surface area (Å²) in [7, 11) is 0. The largest absolute Gasteiger partial charge is 0.464 e. The molecule has 0 bridgehead atoms.